The molecule has 4 nitrogen and oxygen atoms in total. The number of amides is 1. The van der Waals surface area contributed by atoms with Crippen molar-refractivity contribution in [2.45, 2.75) is 44.2 Å². The van der Waals surface area contributed by atoms with Crippen molar-refractivity contribution in [3.63, 3.8) is 0 Å². The quantitative estimate of drug-likeness (QED) is 0.864. The van der Waals surface area contributed by atoms with Crippen molar-refractivity contribution in [3.05, 3.63) is 33.8 Å². The fourth-order valence-electron chi connectivity index (χ4n) is 3.45. The van der Waals surface area contributed by atoms with E-state index >= 15 is 0 Å². The number of piperidine rings is 1. The van der Waals surface area contributed by atoms with E-state index in [2.05, 4.69) is 10.2 Å². The van der Waals surface area contributed by atoms with Crippen LogP contribution < -0.4 is 5.32 Å². The van der Waals surface area contributed by atoms with E-state index < -0.39 is 0 Å². The van der Waals surface area contributed by atoms with Crippen molar-refractivity contribution in [2.75, 3.05) is 26.2 Å². The number of halogens is 2. The molecule has 0 saturated carbocycles. The average molecular weight is 371 g/mol. The van der Waals surface area contributed by atoms with Gasteiger partial charge in [-0.25, -0.2) is 0 Å². The lowest BCUT2D eigenvalue weighted by molar-refractivity contribution is -0.121. The summed E-state index contributed by atoms with van der Waals surface area (Å²) in [5.41, 5.74) is 0.887. The normalized spacial score (nSPS) is 22.7. The smallest absolute Gasteiger partial charge is 0.224 e. The van der Waals surface area contributed by atoms with Gasteiger partial charge in [0, 0.05) is 32.3 Å². The molecular formula is C18H24Cl2N2O2. The van der Waals surface area contributed by atoms with Gasteiger partial charge in [0.25, 0.3) is 0 Å². The van der Waals surface area contributed by atoms with E-state index in [4.69, 9.17) is 27.9 Å². The second-order valence-corrected chi connectivity index (χ2v) is 7.52. The maximum atomic E-state index is 12.2. The fourth-order valence-corrected chi connectivity index (χ4v) is 3.77. The molecule has 0 bridgehead atoms. The van der Waals surface area contributed by atoms with Crippen molar-refractivity contribution in [2.24, 2.45) is 0 Å². The van der Waals surface area contributed by atoms with Crippen LogP contribution in [0.4, 0.5) is 0 Å². The molecule has 2 fully saturated rings. The highest BCUT2D eigenvalue weighted by molar-refractivity contribution is 6.42. The number of hydrogen-bond acceptors (Lipinski definition) is 3. The molecule has 1 atom stereocenters. The van der Waals surface area contributed by atoms with Crippen LogP contribution in [0.3, 0.4) is 0 Å². The minimum Gasteiger partial charge on any atom is -0.377 e. The summed E-state index contributed by atoms with van der Waals surface area (Å²) < 4.78 is 5.70. The van der Waals surface area contributed by atoms with E-state index in [1.54, 1.807) is 12.1 Å². The Morgan fingerprint density at radius 1 is 1.21 bits per heavy atom. The van der Waals surface area contributed by atoms with Crippen molar-refractivity contribution in [1.82, 2.24) is 10.2 Å². The molecule has 2 aliphatic rings. The Morgan fingerprint density at radius 3 is 2.67 bits per heavy atom. The van der Waals surface area contributed by atoms with Gasteiger partial charge in [0.1, 0.15) is 0 Å². The summed E-state index contributed by atoms with van der Waals surface area (Å²) in [6.07, 6.45) is 5.12. The molecule has 3 rings (SSSR count). The Kier molecular flexibility index (Phi) is 6.39. The maximum Gasteiger partial charge on any atom is 0.224 e. The first-order chi connectivity index (χ1) is 11.6. The van der Waals surface area contributed by atoms with Crippen molar-refractivity contribution < 1.29 is 9.53 Å². The predicted molar refractivity (Wildman–Crippen MR) is 96.7 cm³/mol. The Hall–Kier alpha value is -0.810. The molecule has 24 heavy (non-hydrogen) atoms. The zero-order chi connectivity index (χ0) is 16.9. The van der Waals surface area contributed by atoms with Crippen molar-refractivity contribution >= 4 is 29.1 Å². The number of nitrogens with one attached hydrogen (secondary N) is 1. The Labute approximate surface area is 153 Å². The van der Waals surface area contributed by atoms with Crippen LogP contribution in [0.2, 0.25) is 10.0 Å². The van der Waals surface area contributed by atoms with Crippen LogP contribution in [-0.4, -0.2) is 49.2 Å². The summed E-state index contributed by atoms with van der Waals surface area (Å²) in [6, 6.07) is 5.60. The van der Waals surface area contributed by atoms with E-state index in [0.717, 1.165) is 44.6 Å². The van der Waals surface area contributed by atoms with Crippen LogP contribution in [0.5, 0.6) is 0 Å². The summed E-state index contributed by atoms with van der Waals surface area (Å²) in [7, 11) is 0. The minimum absolute atomic E-state index is 0.0472. The van der Waals surface area contributed by atoms with E-state index in [1.165, 1.54) is 12.8 Å². The third-order valence-corrected chi connectivity index (χ3v) is 5.53. The van der Waals surface area contributed by atoms with Crippen LogP contribution in [0.25, 0.3) is 0 Å². The second-order valence-electron chi connectivity index (χ2n) is 6.70. The standard InChI is InChI=1S/C18H24Cl2N2O2/c19-16-4-3-13(10-17(16)20)11-18(23)21-14-5-7-22(8-6-14)12-15-2-1-9-24-15/h3-4,10,14-15H,1-2,5-9,11-12H2,(H,21,23)/t15-/m1/s1. The van der Waals surface area contributed by atoms with Gasteiger partial charge >= 0.3 is 0 Å². The summed E-state index contributed by atoms with van der Waals surface area (Å²) in [6.45, 7) is 3.99. The molecule has 2 heterocycles. The molecule has 1 aromatic carbocycles. The van der Waals surface area contributed by atoms with Crippen LogP contribution in [-0.2, 0) is 16.0 Å². The molecule has 132 valence electrons. The molecule has 2 saturated heterocycles. The lowest BCUT2D eigenvalue weighted by Crippen LogP contribution is -2.46. The molecule has 6 heteroatoms. The Morgan fingerprint density at radius 2 is 2.00 bits per heavy atom. The number of carbonyl (C=O) groups is 1. The second kappa shape index (κ2) is 8.52. The molecule has 1 aromatic rings. The van der Waals surface area contributed by atoms with Crippen molar-refractivity contribution in [3.8, 4) is 0 Å². The third-order valence-electron chi connectivity index (χ3n) is 4.79. The van der Waals surface area contributed by atoms with Gasteiger partial charge in [-0.05, 0) is 43.4 Å². The summed E-state index contributed by atoms with van der Waals surface area (Å²) in [4.78, 5) is 14.7. The molecule has 0 unspecified atom stereocenters. The van der Waals surface area contributed by atoms with Gasteiger partial charge in [-0.2, -0.15) is 0 Å². The topological polar surface area (TPSA) is 41.6 Å². The van der Waals surface area contributed by atoms with Crippen LogP contribution >= 0.6 is 23.2 Å². The molecule has 1 amide bonds. The first-order valence-corrected chi connectivity index (χ1v) is 9.43. The number of ether oxygens (including phenoxy) is 1. The van der Waals surface area contributed by atoms with Gasteiger partial charge in [-0.15, -0.1) is 0 Å². The van der Waals surface area contributed by atoms with Gasteiger partial charge in [0.05, 0.1) is 22.6 Å². The van der Waals surface area contributed by atoms with Gasteiger partial charge < -0.3 is 15.0 Å². The summed E-state index contributed by atoms with van der Waals surface area (Å²) >= 11 is 11.9. The molecule has 0 aromatic heterocycles. The zero-order valence-electron chi connectivity index (χ0n) is 13.8. The Balaban J connectivity index is 1.40. The zero-order valence-corrected chi connectivity index (χ0v) is 15.3. The lowest BCUT2D eigenvalue weighted by atomic mass is 10.0. The Bertz CT molecular complexity index is 568. The summed E-state index contributed by atoms with van der Waals surface area (Å²) in [5, 5.41) is 4.15. The highest BCUT2D eigenvalue weighted by Gasteiger charge is 2.24. The van der Waals surface area contributed by atoms with Gasteiger partial charge in [0.2, 0.25) is 5.91 Å². The van der Waals surface area contributed by atoms with Crippen molar-refractivity contribution in [1.29, 1.82) is 0 Å². The number of benzene rings is 1. The van der Waals surface area contributed by atoms with Gasteiger partial charge in [-0.3, -0.25) is 4.79 Å². The lowest BCUT2D eigenvalue weighted by Gasteiger charge is -2.33. The number of nitrogens with zero attached hydrogens (tertiary/aromatic N) is 1. The van der Waals surface area contributed by atoms with E-state index in [0.29, 0.717) is 22.6 Å². The SMILES string of the molecule is O=C(Cc1ccc(Cl)c(Cl)c1)NC1CCN(C[C@H]2CCCO2)CC1. The molecule has 1 N–H and O–H groups in total. The fraction of sp³-hybridized carbons (Fsp3) is 0.611. The molecule has 0 aliphatic carbocycles. The number of carbonyl (C=O) groups excluding carboxylic acids is 1. The number of likely N-dealkylation sites (tertiary alicyclic amines) is 1. The predicted octanol–water partition coefficient (Wildman–Crippen LogP) is 3.30. The van der Waals surface area contributed by atoms with Crippen LogP contribution in [0.15, 0.2) is 18.2 Å². The molecule has 2 aliphatic heterocycles. The van der Waals surface area contributed by atoms with E-state index in [9.17, 15) is 4.79 Å². The highest BCUT2D eigenvalue weighted by atomic mass is 35.5. The van der Waals surface area contributed by atoms with Crippen LogP contribution in [0.1, 0.15) is 31.2 Å². The van der Waals surface area contributed by atoms with E-state index in [-0.39, 0.29) is 11.9 Å². The first-order valence-electron chi connectivity index (χ1n) is 8.67. The number of hydrogen-bond donors (Lipinski definition) is 1. The van der Waals surface area contributed by atoms with Gasteiger partial charge in [-0.1, -0.05) is 29.3 Å². The monoisotopic (exact) mass is 370 g/mol. The number of rotatable bonds is 5. The highest BCUT2D eigenvalue weighted by Crippen LogP contribution is 2.23. The summed E-state index contributed by atoms with van der Waals surface area (Å²) in [5.74, 6) is 0.0472. The largest absolute Gasteiger partial charge is 0.377 e. The average Bonchev–Trinajstić information content (AvgIpc) is 3.06. The minimum atomic E-state index is 0.0472. The molecule has 0 radical (unpaired) electrons. The first kappa shape index (κ1) is 18.0. The molecule has 0 spiro atoms. The third kappa shape index (κ3) is 5.09. The van der Waals surface area contributed by atoms with Gasteiger partial charge in [0.15, 0.2) is 0 Å². The van der Waals surface area contributed by atoms with E-state index in [1.807, 2.05) is 6.07 Å². The van der Waals surface area contributed by atoms with Crippen LogP contribution in [0, 0.1) is 0 Å². The maximum absolute atomic E-state index is 12.2. The molecular weight excluding hydrogens is 347 g/mol.